The van der Waals surface area contributed by atoms with Crippen molar-refractivity contribution in [2.75, 3.05) is 0 Å². The molecule has 1 saturated carbocycles. The van der Waals surface area contributed by atoms with Crippen LogP contribution in [0, 0.1) is 24.2 Å². The molecule has 0 N–H and O–H groups in total. The van der Waals surface area contributed by atoms with Gasteiger partial charge in [-0.25, -0.2) is 0 Å². The number of hydrogen-bond acceptors (Lipinski definition) is 0. The summed E-state index contributed by atoms with van der Waals surface area (Å²) in [5.74, 6) is 1.57. The number of rotatable bonds is 2. The average molecular weight is 216 g/mol. The highest BCUT2D eigenvalue weighted by atomic mass is 14.7. The lowest BCUT2D eigenvalue weighted by Crippen LogP contribution is -2.10. The lowest BCUT2D eigenvalue weighted by Gasteiger charge is -2.16. The molecule has 16 heavy (non-hydrogen) atoms. The van der Waals surface area contributed by atoms with Gasteiger partial charge in [0.1, 0.15) is 0 Å². The summed E-state index contributed by atoms with van der Waals surface area (Å²) in [6.07, 6.45) is 0. The highest BCUT2D eigenvalue weighted by Gasteiger charge is 2.68. The van der Waals surface area contributed by atoms with Crippen LogP contribution < -0.4 is 0 Å². The van der Waals surface area contributed by atoms with E-state index in [1.807, 2.05) is 0 Å². The Labute approximate surface area is 100 Å². The molecule has 0 heteroatoms. The molecule has 0 bridgehead atoms. The summed E-state index contributed by atoms with van der Waals surface area (Å²) in [5.41, 5.74) is 3.68. The monoisotopic (exact) mass is 216 g/mol. The van der Waals surface area contributed by atoms with Gasteiger partial charge in [0.2, 0.25) is 0 Å². The van der Waals surface area contributed by atoms with Crippen molar-refractivity contribution in [1.29, 1.82) is 0 Å². The molecule has 0 heterocycles. The zero-order valence-electron chi connectivity index (χ0n) is 11.5. The van der Waals surface area contributed by atoms with Gasteiger partial charge in [0.25, 0.3) is 0 Å². The fraction of sp³-hybridized carbons (Fsp3) is 0.625. The van der Waals surface area contributed by atoms with Crippen LogP contribution in [0.15, 0.2) is 24.3 Å². The van der Waals surface area contributed by atoms with Gasteiger partial charge in [0.15, 0.2) is 0 Å². The zero-order valence-corrected chi connectivity index (χ0v) is 11.5. The first-order valence-corrected chi connectivity index (χ1v) is 6.39. The van der Waals surface area contributed by atoms with E-state index in [1.54, 1.807) is 0 Å². The molecule has 0 aromatic heterocycles. The van der Waals surface area contributed by atoms with Crippen molar-refractivity contribution < 1.29 is 0 Å². The average Bonchev–Trinajstić information content (AvgIpc) is 2.62. The van der Waals surface area contributed by atoms with E-state index in [1.165, 1.54) is 11.1 Å². The summed E-state index contributed by atoms with van der Waals surface area (Å²) in [5, 5.41) is 0. The van der Waals surface area contributed by atoms with E-state index in [0.717, 1.165) is 11.8 Å². The smallest absolute Gasteiger partial charge is 0.00150 e. The fourth-order valence-corrected chi connectivity index (χ4v) is 3.98. The summed E-state index contributed by atoms with van der Waals surface area (Å²) in [4.78, 5) is 0. The first-order valence-electron chi connectivity index (χ1n) is 6.39. The van der Waals surface area contributed by atoms with Crippen LogP contribution in [0.4, 0.5) is 0 Å². The van der Waals surface area contributed by atoms with E-state index in [-0.39, 0.29) is 0 Å². The molecule has 1 aliphatic rings. The van der Waals surface area contributed by atoms with Gasteiger partial charge in [-0.3, -0.25) is 0 Å². The second-order valence-electron chi connectivity index (χ2n) is 6.51. The van der Waals surface area contributed by atoms with Gasteiger partial charge in [0.05, 0.1) is 0 Å². The molecule has 0 nitrogen and oxygen atoms in total. The van der Waals surface area contributed by atoms with Crippen molar-refractivity contribution in [1.82, 2.24) is 0 Å². The molecular weight excluding hydrogens is 192 g/mol. The van der Waals surface area contributed by atoms with Gasteiger partial charge in [0, 0.05) is 5.41 Å². The van der Waals surface area contributed by atoms with Crippen molar-refractivity contribution in [3.05, 3.63) is 35.4 Å². The summed E-state index contributed by atoms with van der Waals surface area (Å²) in [6.45, 7) is 14.1. The highest BCUT2D eigenvalue weighted by molar-refractivity contribution is 5.40. The second kappa shape index (κ2) is 3.35. The lowest BCUT2D eigenvalue weighted by molar-refractivity contribution is 0.451. The predicted octanol–water partition coefficient (Wildman–Crippen LogP) is 4.56. The molecule has 2 atom stereocenters. The first kappa shape index (κ1) is 11.7. The maximum Gasteiger partial charge on any atom is 0.00150 e. The van der Waals surface area contributed by atoms with Crippen molar-refractivity contribution in [3.63, 3.8) is 0 Å². The van der Waals surface area contributed by atoms with Crippen LogP contribution in [0.1, 0.15) is 45.7 Å². The number of benzene rings is 1. The molecule has 0 aliphatic heterocycles. The van der Waals surface area contributed by atoms with Crippen molar-refractivity contribution in [2.24, 2.45) is 17.3 Å². The van der Waals surface area contributed by atoms with Gasteiger partial charge < -0.3 is 0 Å². The third-order valence-electron chi connectivity index (χ3n) is 4.97. The minimum atomic E-state index is 0.370. The Kier molecular flexibility index (Phi) is 2.45. The minimum absolute atomic E-state index is 0.370. The Bertz CT molecular complexity index is 383. The van der Waals surface area contributed by atoms with Crippen molar-refractivity contribution in [3.8, 4) is 0 Å². The zero-order chi connectivity index (χ0) is 12.1. The van der Waals surface area contributed by atoms with Gasteiger partial charge >= 0.3 is 0 Å². The summed E-state index contributed by atoms with van der Waals surface area (Å²) < 4.78 is 0. The molecule has 0 spiro atoms. The Hall–Kier alpha value is -0.780. The van der Waals surface area contributed by atoms with Crippen LogP contribution in [0.3, 0.4) is 0 Å². The van der Waals surface area contributed by atoms with Crippen molar-refractivity contribution >= 4 is 0 Å². The molecule has 1 fully saturated rings. The number of aryl methyl sites for hydroxylation is 1. The summed E-state index contributed by atoms with van der Waals surface area (Å²) >= 11 is 0. The molecule has 0 amide bonds. The molecule has 0 saturated heterocycles. The largest absolute Gasteiger partial charge is 0.0625 e. The van der Waals surface area contributed by atoms with Gasteiger partial charge in [-0.1, -0.05) is 64.4 Å². The summed E-state index contributed by atoms with van der Waals surface area (Å²) in [7, 11) is 0. The molecule has 2 unspecified atom stereocenters. The third kappa shape index (κ3) is 1.35. The van der Waals surface area contributed by atoms with E-state index >= 15 is 0 Å². The van der Waals surface area contributed by atoms with Gasteiger partial charge in [-0.2, -0.15) is 0 Å². The van der Waals surface area contributed by atoms with E-state index < -0.39 is 0 Å². The van der Waals surface area contributed by atoms with Gasteiger partial charge in [-0.15, -0.1) is 0 Å². The normalized spacial score (nSPS) is 31.8. The van der Waals surface area contributed by atoms with Crippen LogP contribution in [0.2, 0.25) is 0 Å². The SMILES string of the molecule is Cc1ccc(C2(C)C(C(C)C)C2(C)C)cc1. The van der Waals surface area contributed by atoms with Crippen LogP contribution >= 0.6 is 0 Å². The fourth-order valence-electron chi connectivity index (χ4n) is 3.98. The van der Waals surface area contributed by atoms with Crippen LogP contribution in [0.25, 0.3) is 0 Å². The Morgan fingerprint density at radius 2 is 1.50 bits per heavy atom. The predicted molar refractivity (Wildman–Crippen MR) is 70.6 cm³/mol. The molecular formula is C16H24. The van der Waals surface area contributed by atoms with E-state index in [2.05, 4.69) is 65.8 Å². The molecule has 88 valence electrons. The highest BCUT2D eigenvalue weighted by Crippen LogP contribution is 2.71. The van der Waals surface area contributed by atoms with Crippen LogP contribution in [-0.2, 0) is 5.41 Å². The molecule has 0 radical (unpaired) electrons. The quantitative estimate of drug-likeness (QED) is 0.679. The Balaban J connectivity index is 2.38. The second-order valence-corrected chi connectivity index (χ2v) is 6.51. The van der Waals surface area contributed by atoms with Gasteiger partial charge in [-0.05, 0) is 29.7 Å². The molecule has 1 aliphatic carbocycles. The first-order chi connectivity index (χ1) is 7.31. The topological polar surface area (TPSA) is 0 Å². The van der Waals surface area contributed by atoms with E-state index in [4.69, 9.17) is 0 Å². The maximum atomic E-state index is 2.43. The summed E-state index contributed by atoms with van der Waals surface area (Å²) in [6, 6.07) is 9.12. The molecule has 1 aromatic carbocycles. The Morgan fingerprint density at radius 1 is 1.00 bits per heavy atom. The molecule has 1 aromatic rings. The van der Waals surface area contributed by atoms with E-state index in [9.17, 15) is 0 Å². The lowest BCUT2D eigenvalue weighted by atomic mass is 9.88. The molecule has 2 rings (SSSR count). The third-order valence-corrected chi connectivity index (χ3v) is 4.97. The standard InChI is InChI=1S/C16H24/c1-11(2)14-15(4,5)16(14,6)13-9-7-12(3)8-10-13/h7-11,14H,1-6H3. The number of hydrogen-bond donors (Lipinski definition) is 0. The maximum absolute atomic E-state index is 2.43. The van der Waals surface area contributed by atoms with Crippen LogP contribution in [-0.4, -0.2) is 0 Å². The van der Waals surface area contributed by atoms with Crippen molar-refractivity contribution in [2.45, 2.75) is 47.0 Å². The Morgan fingerprint density at radius 3 is 1.88 bits per heavy atom. The van der Waals surface area contributed by atoms with E-state index in [0.29, 0.717) is 10.8 Å². The van der Waals surface area contributed by atoms with Crippen LogP contribution in [0.5, 0.6) is 0 Å². The minimum Gasteiger partial charge on any atom is -0.0625 e.